The van der Waals surface area contributed by atoms with Crippen molar-refractivity contribution < 1.29 is 19.8 Å². The van der Waals surface area contributed by atoms with E-state index >= 15 is 0 Å². The molecule has 118 valence electrons. The summed E-state index contributed by atoms with van der Waals surface area (Å²) in [6.07, 6.45) is 0. The number of nitrogens with one attached hydrogen (secondary N) is 2. The van der Waals surface area contributed by atoms with Crippen LogP contribution in [0.4, 0.5) is 0 Å². The largest absolute Gasteiger partial charge is 0.508 e. The van der Waals surface area contributed by atoms with Crippen LogP contribution in [0.25, 0.3) is 0 Å². The van der Waals surface area contributed by atoms with Crippen molar-refractivity contribution in [2.24, 2.45) is 5.73 Å². The smallest absolute Gasteiger partial charge is 0.330 e. The van der Waals surface area contributed by atoms with Crippen molar-refractivity contribution in [1.82, 2.24) is 5.32 Å². The Morgan fingerprint density at radius 3 is 2.26 bits per heavy atom. The van der Waals surface area contributed by atoms with Gasteiger partial charge in [-0.1, -0.05) is 24.3 Å². The summed E-state index contributed by atoms with van der Waals surface area (Å²) in [5.74, 6) is -2.02. The minimum atomic E-state index is -1.26. The zero-order chi connectivity index (χ0) is 17.0. The second-order valence-corrected chi connectivity index (χ2v) is 4.83. The third-order valence-electron chi connectivity index (χ3n) is 3.18. The van der Waals surface area contributed by atoms with Gasteiger partial charge >= 0.3 is 5.97 Å². The number of amidine groups is 1. The third kappa shape index (κ3) is 3.85. The molecule has 7 nitrogen and oxygen atoms in total. The summed E-state index contributed by atoms with van der Waals surface area (Å²) in [6.45, 7) is 0. The number of aliphatic carboxylic acids is 1. The van der Waals surface area contributed by atoms with Crippen LogP contribution in [-0.2, 0) is 4.79 Å². The molecule has 0 bridgehead atoms. The van der Waals surface area contributed by atoms with Crippen LogP contribution in [-0.4, -0.2) is 27.9 Å². The lowest BCUT2D eigenvalue weighted by atomic mass is 10.1. The number of phenols is 1. The Morgan fingerprint density at radius 1 is 1.09 bits per heavy atom. The summed E-state index contributed by atoms with van der Waals surface area (Å²) in [4.78, 5) is 23.6. The molecule has 2 aromatic rings. The fourth-order valence-electron chi connectivity index (χ4n) is 2.00. The van der Waals surface area contributed by atoms with Crippen molar-refractivity contribution in [2.75, 3.05) is 0 Å². The van der Waals surface area contributed by atoms with Crippen molar-refractivity contribution in [3.63, 3.8) is 0 Å². The molecule has 7 heteroatoms. The van der Waals surface area contributed by atoms with Gasteiger partial charge < -0.3 is 21.3 Å². The standard InChI is InChI=1S/C16H15N3O4/c17-14(18)10-2-1-3-11(8-10)15(21)19-13(16(22)23)9-4-6-12(20)7-5-9/h1-8,13,20H,(H3,17,18)(H,19,21)(H,22,23). The number of phenolic OH excluding ortho intramolecular Hbond substituents is 1. The van der Waals surface area contributed by atoms with Crippen LogP contribution in [0.2, 0.25) is 0 Å². The summed E-state index contributed by atoms with van der Waals surface area (Å²) in [7, 11) is 0. The molecule has 0 saturated heterocycles. The maximum Gasteiger partial charge on any atom is 0.330 e. The quantitative estimate of drug-likeness (QED) is 0.418. The van der Waals surface area contributed by atoms with Crippen molar-refractivity contribution in [3.05, 3.63) is 65.2 Å². The molecule has 0 aliphatic rings. The number of benzene rings is 2. The van der Waals surface area contributed by atoms with E-state index in [9.17, 15) is 19.8 Å². The summed E-state index contributed by atoms with van der Waals surface area (Å²) in [6, 6.07) is 10.3. The summed E-state index contributed by atoms with van der Waals surface area (Å²) >= 11 is 0. The number of nitrogen functional groups attached to an aromatic ring is 1. The van der Waals surface area contributed by atoms with Gasteiger partial charge in [0.2, 0.25) is 0 Å². The fraction of sp³-hybridized carbons (Fsp3) is 0.0625. The SMILES string of the molecule is N=C(N)c1cccc(C(=O)NC(C(=O)O)c2ccc(O)cc2)c1. The highest BCUT2D eigenvalue weighted by Gasteiger charge is 2.22. The molecule has 0 spiro atoms. The van der Waals surface area contributed by atoms with Crippen LogP contribution in [0, 0.1) is 5.41 Å². The average molecular weight is 313 g/mol. The lowest BCUT2D eigenvalue weighted by molar-refractivity contribution is -0.139. The molecule has 23 heavy (non-hydrogen) atoms. The van der Waals surface area contributed by atoms with Gasteiger partial charge in [-0.05, 0) is 29.8 Å². The molecule has 6 N–H and O–H groups in total. The lowest BCUT2D eigenvalue weighted by Gasteiger charge is -2.15. The monoisotopic (exact) mass is 313 g/mol. The molecule has 1 unspecified atom stereocenters. The van der Waals surface area contributed by atoms with E-state index in [-0.39, 0.29) is 17.1 Å². The van der Waals surface area contributed by atoms with E-state index in [4.69, 9.17) is 11.1 Å². The molecule has 2 rings (SSSR count). The number of carbonyl (C=O) groups is 2. The first-order chi connectivity index (χ1) is 10.9. The fourth-order valence-corrected chi connectivity index (χ4v) is 2.00. The molecule has 1 amide bonds. The number of carbonyl (C=O) groups excluding carboxylic acids is 1. The van der Waals surface area contributed by atoms with Crippen LogP contribution in [0.5, 0.6) is 5.75 Å². The maximum absolute atomic E-state index is 12.2. The Bertz CT molecular complexity index is 756. The van der Waals surface area contributed by atoms with Gasteiger partial charge in [-0.15, -0.1) is 0 Å². The van der Waals surface area contributed by atoms with E-state index in [1.165, 1.54) is 36.4 Å². The number of rotatable bonds is 5. The minimum absolute atomic E-state index is 0.00150. The van der Waals surface area contributed by atoms with Gasteiger partial charge in [0.1, 0.15) is 11.6 Å². The molecular formula is C16H15N3O4. The highest BCUT2D eigenvalue weighted by atomic mass is 16.4. The summed E-state index contributed by atoms with van der Waals surface area (Å²) in [5, 5.41) is 28.3. The first-order valence-electron chi connectivity index (χ1n) is 6.65. The van der Waals surface area contributed by atoms with Crippen LogP contribution in [0.15, 0.2) is 48.5 Å². The van der Waals surface area contributed by atoms with Crippen molar-refractivity contribution in [3.8, 4) is 5.75 Å². The molecule has 0 aromatic heterocycles. The number of carboxylic acids is 1. The number of aromatic hydroxyl groups is 1. The Morgan fingerprint density at radius 2 is 1.70 bits per heavy atom. The molecule has 0 saturated carbocycles. The van der Waals surface area contributed by atoms with Crippen LogP contribution >= 0.6 is 0 Å². The van der Waals surface area contributed by atoms with E-state index in [0.29, 0.717) is 11.1 Å². The second kappa shape index (κ2) is 6.61. The van der Waals surface area contributed by atoms with E-state index in [1.54, 1.807) is 12.1 Å². The van der Waals surface area contributed by atoms with Crippen LogP contribution in [0.1, 0.15) is 27.5 Å². The number of carboxylic acid groups (broad SMARTS) is 1. The Labute approximate surface area is 131 Å². The van der Waals surface area contributed by atoms with Gasteiger partial charge in [0.25, 0.3) is 5.91 Å². The number of hydrogen-bond donors (Lipinski definition) is 5. The predicted molar refractivity (Wildman–Crippen MR) is 83.4 cm³/mol. The first kappa shape index (κ1) is 16.0. The molecule has 0 heterocycles. The van der Waals surface area contributed by atoms with E-state index in [2.05, 4.69) is 5.32 Å². The number of hydrogen-bond acceptors (Lipinski definition) is 4. The van der Waals surface area contributed by atoms with Gasteiger partial charge in [0.05, 0.1) is 0 Å². The zero-order valence-electron chi connectivity index (χ0n) is 12.0. The van der Waals surface area contributed by atoms with Gasteiger partial charge in [-0.25, -0.2) is 4.79 Å². The minimum Gasteiger partial charge on any atom is -0.508 e. The lowest BCUT2D eigenvalue weighted by Crippen LogP contribution is -2.33. The molecular weight excluding hydrogens is 298 g/mol. The summed E-state index contributed by atoms with van der Waals surface area (Å²) < 4.78 is 0. The van der Waals surface area contributed by atoms with Gasteiger partial charge in [0.15, 0.2) is 6.04 Å². The van der Waals surface area contributed by atoms with E-state index < -0.39 is 17.9 Å². The van der Waals surface area contributed by atoms with Crippen molar-refractivity contribution in [1.29, 1.82) is 5.41 Å². The normalized spacial score (nSPS) is 11.5. The Hall–Kier alpha value is -3.35. The second-order valence-electron chi connectivity index (χ2n) is 4.83. The first-order valence-corrected chi connectivity index (χ1v) is 6.65. The van der Waals surface area contributed by atoms with Gasteiger partial charge in [-0.2, -0.15) is 0 Å². The molecule has 0 fully saturated rings. The van der Waals surface area contributed by atoms with Crippen LogP contribution in [0.3, 0.4) is 0 Å². The van der Waals surface area contributed by atoms with E-state index in [0.717, 1.165) is 0 Å². The van der Waals surface area contributed by atoms with Crippen LogP contribution < -0.4 is 11.1 Å². The molecule has 0 aliphatic heterocycles. The Balaban J connectivity index is 2.25. The molecule has 1 atom stereocenters. The highest BCUT2D eigenvalue weighted by Crippen LogP contribution is 2.18. The average Bonchev–Trinajstić information content (AvgIpc) is 2.53. The third-order valence-corrected chi connectivity index (χ3v) is 3.18. The topological polar surface area (TPSA) is 136 Å². The van der Waals surface area contributed by atoms with Gasteiger partial charge in [0, 0.05) is 11.1 Å². The van der Waals surface area contributed by atoms with Crippen molar-refractivity contribution >= 4 is 17.7 Å². The summed E-state index contributed by atoms with van der Waals surface area (Å²) in [5.41, 5.74) is 6.26. The highest BCUT2D eigenvalue weighted by molar-refractivity contribution is 6.01. The number of nitrogens with two attached hydrogens (primary N) is 1. The number of amides is 1. The maximum atomic E-state index is 12.2. The zero-order valence-corrected chi connectivity index (χ0v) is 12.0. The van der Waals surface area contributed by atoms with E-state index in [1.807, 2.05) is 0 Å². The molecule has 0 radical (unpaired) electrons. The Kier molecular flexibility index (Phi) is 4.61. The molecule has 2 aromatic carbocycles. The predicted octanol–water partition coefficient (Wildman–Crippen LogP) is 1.23. The van der Waals surface area contributed by atoms with Crippen molar-refractivity contribution in [2.45, 2.75) is 6.04 Å². The molecule has 0 aliphatic carbocycles. The van der Waals surface area contributed by atoms with Gasteiger partial charge in [-0.3, -0.25) is 10.2 Å².